The number of hydrogen-bond donors (Lipinski definition) is 1. The Balaban J connectivity index is 1.45. The van der Waals surface area contributed by atoms with Crippen LogP contribution in [0.5, 0.6) is 5.75 Å². The first-order valence-corrected chi connectivity index (χ1v) is 8.45. The Hall–Kier alpha value is -3.22. The maximum Gasteiger partial charge on any atom is 0.271 e. The third-order valence-corrected chi connectivity index (χ3v) is 4.50. The van der Waals surface area contributed by atoms with Gasteiger partial charge in [-0.25, -0.2) is 0 Å². The Morgan fingerprint density at radius 1 is 1.38 bits per heavy atom. The molecule has 1 aliphatic rings. The molecule has 0 saturated carbocycles. The molecule has 0 aliphatic carbocycles. The van der Waals surface area contributed by atoms with Crippen LogP contribution in [-0.2, 0) is 13.5 Å². The molecule has 132 valence electrons. The van der Waals surface area contributed by atoms with Gasteiger partial charge in [-0.1, -0.05) is 12.1 Å². The van der Waals surface area contributed by atoms with E-state index < -0.39 is 0 Å². The minimum atomic E-state index is -0.192. The summed E-state index contributed by atoms with van der Waals surface area (Å²) in [7, 11) is 1.82. The summed E-state index contributed by atoms with van der Waals surface area (Å²) >= 11 is 0. The molecule has 1 N–H and O–H groups in total. The van der Waals surface area contributed by atoms with E-state index in [1.165, 1.54) is 0 Å². The zero-order chi connectivity index (χ0) is 18.1. The van der Waals surface area contributed by atoms with Crippen molar-refractivity contribution >= 4 is 5.91 Å². The molecule has 0 spiro atoms. The van der Waals surface area contributed by atoms with Gasteiger partial charge in [0.05, 0.1) is 18.4 Å². The first-order valence-electron chi connectivity index (χ1n) is 8.45. The van der Waals surface area contributed by atoms with Crippen LogP contribution >= 0.6 is 0 Å². The average molecular weight is 349 g/mol. The first kappa shape index (κ1) is 16.3. The van der Waals surface area contributed by atoms with Crippen LogP contribution in [0.2, 0.25) is 0 Å². The zero-order valence-corrected chi connectivity index (χ0v) is 14.6. The summed E-state index contributed by atoms with van der Waals surface area (Å²) in [6, 6.07) is 7.77. The van der Waals surface area contributed by atoms with Crippen molar-refractivity contribution in [2.24, 2.45) is 7.05 Å². The fourth-order valence-corrected chi connectivity index (χ4v) is 3.06. The van der Waals surface area contributed by atoms with Gasteiger partial charge < -0.3 is 10.1 Å². The molecule has 0 saturated heterocycles. The molecule has 7 nitrogen and oxygen atoms in total. The maximum atomic E-state index is 12.3. The van der Waals surface area contributed by atoms with Crippen LogP contribution in [-0.4, -0.2) is 38.3 Å². The molecule has 1 aromatic carbocycles. The third kappa shape index (κ3) is 3.03. The van der Waals surface area contributed by atoms with E-state index in [-0.39, 0.29) is 12.0 Å². The Kier molecular flexibility index (Phi) is 4.12. The van der Waals surface area contributed by atoms with Gasteiger partial charge in [0.1, 0.15) is 17.5 Å². The second-order valence-electron chi connectivity index (χ2n) is 6.33. The second-order valence-corrected chi connectivity index (χ2v) is 6.33. The number of aromatic nitrogens is 4. The van der Waals surface area contributed by atoms with Crippen molar-refractivity contribution in [3.05, 3.63) is 59.8 Å². The summed E-state index contributed by atoms with van der Waals surface area (Å²) < 4.78 is 7.78. The minimum Gasteiger partial charge on any atom is -0.487 e. The van der Waals surface area contributed by atoms with E-state index in [4.69, 9.17) is 4.74 Å². The number of benzene rings is 1. The predicted octanol–water partition coefficient (Wildman–Crippen LogP) is 1.92. The number of carbonyl (C=O) groups excluding carboxylic acids is 1. The topological polar surface area (TPSA) is 81.9 Å². The summed E-state index contributed by atoms with van der Waals surface area (Å²) in [5, 5.41) is 7.11. The number of hydrogen-bond acceptors (Lipinski definition) is 5. The van der Waals surface area contributed by atoms with Crippen molar-refractivity contribution in [3.8, 4) is 17.0 Å². The van der Waals surface area contributed by atoms with Gasteiger partial charge in [-0.2, -0.15) is 5.10 Å². The van der Waals surface area contributed by atoms with Crippen LogP contribution in [0.15, 0.2) is 42.9 Å². The lowest BCUT2D eigenvalue weighted by Gasteiger charge is -2.12. The van der Waals surface area contributed by atoms with Crippen LogP contribution in [0.4, 0.5) is 0 Å². The number of nitrogens with zero attached hydrogens (tertiary/aromatic N) is 4. The molecule has 7 heteroatoms. The summed E-state index contributed by atoms with van der Waals surface area (Å²) in [5.74, 6) is 0.628. The lowest BCUT2D eigenvalue weighted by molar-refractivity contribution is 0.0928. The van der Waals surface area contributed by atoms with Gasteiger partial charge in [-0.05, 0) is 24.6 Å². The van der Waals surface area contributed by atoms with Crippen molar-refractivity contribution in [3.63, 3.8) is 0 Å². The van der Waals surface area contributed by atoms with Crippen molar-refractivity contribution in [2.45, 2.75) is 19.4 Å². The van der Waals surface area contributed by atoms with Crippen molar-refractivity contribution in [1.29, 1.82) is 0 Å². The van der Waals surface area contributed by atoms with E-state index in [1.807, 2.05) is 32.2 Å². The smallest absolute Gasteiger partial charge is 0.271 e. The largest absolute Gasteiger partial charge is 0.487 e. The highest BCUT2D eigenvalue weighted by molar-refractivity contribution is 5.92. The highest BCUT2D eigenvalue weighted by atomic mass is 16.5. The van der Waals surface area contributed by atoms with Crippen LogP contribution in [0, 0.1) is 6.92 Å². The molecule has 1 aliphatic heterocycles. The highest BCUT2D eigenvalue weighted by Gasteiger charge is 2.26. The quantitative estimate of drug-likeness (QED) is 0.778. The normalized spacial score (nSPS) is 15.4. The molecular formula is C19H19N5O2. The van der Waals surface area contributed by atoms with E-state index in [9.17, 15) is 4.79 Å². The molecular weight excluding hydrogens is 330 g/mol. The van der Waals surface area contributed by atoms with Crippen molar-refractivity contribution in [2.75, 3.05) is 6.54 Å². The van der Waals surface area contributed by atoms with E-state index in [0.717, 1.165) is 34.7 Å². The SMILES string of the molecule is Cc1cc(C(=O)NCC2Cc3cccc(-c4cnccn4)c3O2)nn1C. The van der Waals surface area contributed by atoms with Crippen molar-refractivity contribution in [1.82, 2.24) is 25.1 Å². The Morgan fingerprint density at radius 2 is 2.27 bits per heavy atom. The second kappa shape index (κ2) is 6.59. The molecule has 0 bridgehead atoms. The van der Waals surface area contributed by atoms with E-state index in [2.05, 4.69) is 20.4 Å². The average Bonchev–Trinajstić information content (AvgIpc) is 3.23. The summed E-state index contributed by atoms with van der Waals surface area (Å²) in [6.45, 7) is 2.33. The van der Waals surface area contributed by atoms with Gasteiger partial charge in [0.25, 0.3) is 5.91 Å². The maximum absolute atomic E-state index is 12.3. The lowest BCUT2D eigenvalue weighted by atomic mass is 10.0. The highest BCUT2D eigenvalue weighted by Crippen LogP contribution is 2.37. The Morgan fingerprint density at radius 3 is 3.00 bits per heavy atom. The summed E-state index contributed by atoms with van der Waals surface area (Å²) in [5.41, 5.74) is 4.16. The fraction of sp³-hybridized carbons (Fsp3) is 0.263. The van der Waals surface area contributed by atoms with E-state index in [0.29, 0.717) is 12.2 Å². The first-order chi connectivity index (χ1) is 12.6. The standard InChI is InChI=1S/C19H19N5O2/c1-12-8-16(23-24(12)2)19(25)22-10-14-9-13-4-3-5-15(18(13)26-14)17-11-20-6-7-21-17/h3-8,11,14H,9-10H2,1-2H3,(H,22,25). The molecule has 3 aromatic rings. The Bertz CT molecular complexity index is 932. The molecule has 3 heterocycles. The molecule has 26 heavy (non-hydrogen) atoms. The summed E-state index contributed by atoms with van der Waals surface area (Å²) in [6.07, 6.45) is 5.65. The van der Waals surface area contributed by atoms with Gasteiger partial charge in [0.15, 0.2) is 0 Å². The molecule has 1 atom stereocenters. The number of ether oxygens (including phenoxy) is 1. The number of rotatable bonds is 4. The van der Waals surface area contributed by atoms with Crippen LogP contribution in [0.25, 0.3) is 11.3 Å². The number of aryl methyl sites for hydroxylation is 2. The van der Waals surface area contributed by atoms with Gasteiger partial charge in [0.2, 0.25) is 0 Å². The van der Waals surface area contributed by atoms with Crippen LogP contribution in [0.1, 0.15) is 21.7 Å². The lowest BCUT2D eigenvalue weighted by Crippen LogP contribution is -2.34. The predicted molar refractivity (Wildman–Crippen MR) is 95.9 cm³/mol. The number of nitrogens with one attached hydrogen (secondary N) is 1. The fourth-order valence-electron chi connectivity index (χ4n) is 3.06. The molecule has 2 aromatic heterocycles. The molecule has 1 amide bonds. The Labute approximate surface area is 151 Å². The van der Waals surface area contributed by atoms with Crippen LogP contribution < -0.4 is 10.1 Å². The van der Waals surface area contributed by atoms with Gasteiger partial charge in [-0.15, -0.1) is 0 Å². The minimum absolute atomic E-state index is 0.114. The number of para-hydroxylation sites is 1. The van der Waals surface area contributed by atoms with E-state index >= 15 is 0 Å². The molecule has 0 radical (unpaired) electrons. The number of carbonyl (C=O) groups is 1. The number of fused-ring (bicyclic) bond motifs is 1. The van der Waals surface area contributed by atoms with Gasteiger partial charge in [0, 0.05) is 37.1 Å². The summed E-state index contributed by atoms with van der Waals surface area (Å²) in [4.78, 5) is 20.7. The van der Waals surface area contributed by atoms with Crippen molar-refractivity contribution < 1.29 is 9.53 Å². The molecule has 4 rings (SSSR count). The monoisotopic (exact) mass is 349 g/mol. The van der Waals surface area contributed by atoms with E-state index in [1.54, 1.807) is 29.3 Å². The zero-order valence-electron chi connectivity index (χ0n) is 14.6. The van der Waals surface area contributed by atoms with Crippen LogP contribution in [0.3, 0.4) is 0 Å². The van der Waals surface area contributed by atoms with Gasteiger partial charge >= 0.3 is 0 Å². The molecule has 0 fully saturated rings. The molecule has 1 unspecified atom stereocenters. The number of amides is 1. The third-order valence-electron chi connectivity index (χ3n) is 4.50. The van der Waals surface area contributed by atoms with Gasteiger partial charge in [-0.3, -0.25) is 19.4 Å².